The van der Waals surface area contributed by atoms with Gasteiger partial charge in [0.15, 0.2) is 0 Å². The molecule has 8 nitrogen and oxygen atoms in total. The molecule has 0 aromatic heterocycles. The number of nitrogens with zero attached hydrogens (tertiary/aromatic N) is 1. The summed E-state index contributed by atoms with van der Waals surface area (Å²) in [4.78, 5) is 11.8. The Bertz CT molecular complexity index is 975. The van der Waals surface area contributed by atoms with E-state index in [9.17, 15) is 13.2 Å². The monoisotopic (exact) mass is 387 g/mol. The molecule has 0 spiro atoms. The summed E-state index contributed by atoms with van der Waals surface area (Å²) in [5.41, 5.74) is 1.79. The van der Waals surface area contributed by atoms with E-state index in [4.69, 9.17) is 14.9 Å². The van der Waals surface area contributed by atoms with Crippen LogP contribution in [0.4, 0.5) is 5.69 Å². The zero-order valence-corrected chi connectivity index (χ0v) is 14.9. The minimum atomic E-state index is -4.31. The highest BCUT2D eigenvalue weighted by Crippen LogP contribution is 2.14. The molecule has 0 saturated carbocycles. The van der Waals surface area contributed by atoms with Crippen molar-refractivity contribution in [1.82, 2.24) is 5.32 Å². The predicted octanol–water partition coefficient (Wildman–Crippen LogP) is 1.56. The predicted molar refractivity (Wildman–Crippen MR) is 97.8 cm³/mol. The van der Waals surface area contributed by atoms with Gasteiger partial charge >= 0.3 is 0 Å². The summed E-state index contributed by atoms with van der Waals surface area (Å²) in [5.74, 6) is -0.666. The van der Waals surface area contributed by atoms with Gasteiger partial charge in [0.2, 0.25) is 0 Å². The number of nitrogens with one attached hydrogen (secondary N) is 2. The largest absolute Gasteiger partial charge is 0.392 e. The number of aliphatic hydroxyl groups is 1. The van der Waals surface area contributed by atoms with Crippen LogP contribution in [0.15, 0.2) is 65.2 Å². The topological polar surface area (TPSA) is 140 Å². The van der Waals surface area contributed by atoms with Gasteiger partial charge in [-0.2, -0.15) is 13.7 Å². The van der Waals surface area contributed by atoms with Crippen LogP contribution in [0.1, 0.15) is 11.1 Å². The summed E-state index contributed by atoms with van der Waals surface area (Å²) >= 11 is 0. The van der Waals surface area contributed by atoms with Gasteiger partial charge in [-0.05, 0) is 35.4 Å². The minimum absolute atomic E-state index is 0.0441. The second-order valence-corrected chi connectivity index (χ2v) is 6.90. The van der Waals surface area contributed by atoms with Gasteiger partial charge in [0.25, 0.3) is 16.0 Å². The van der Waals surface area contributed by atoms with Crippen molar-refractivity contribution in [2.24, 2.45) is 0 Å². The molecule has 0 saturated heterocycles. The summed E-state index contributed by atoms with van der Waals surface area (Å²) in [6.45, 7) is 0.338. The zero-order chi connectivity index (χ0) is 19.9. The van der Waals surface area contributed by atoms with E-state index < -0.39 is 16.0 Å². The maximum atomic E-state index is 12.1. The maximum absolute atomic E-state index is 12.1. The summed E-state index contributed by atoms with van der Waals surface area (Å²) < 4.78 is 30.9. The molecule has 27 heavy (non-hydrogen) atoms. The van der Waals surface area contributed by atoms with Gasteiger partial charge in [0.1, 0.15) is 11.6 Å². The van der Waals surface area contributed by atoms with E-state index in [1.54, 1.807) is 18.2 Å². The molecule has 2 aromatic rings. The Morgan fingerprint density at radius 2 is 1.67 bits per heavy atom. The molecule has 0 radical (unpaired) electrons. The van der Waals surface area contributed by atoms with Crippen molar-refractivity contribution in [2.45, 2.75) is 18.0 Å². The molecule has 0 atom stereocenters. The molecule has 4 N–H and O–H groups in total. The Morgan fingerprint density at radius 3 is 2.19 bits per heavy atom. The van der Waals surface area contributed by atoms with E-state index in [0.717, 1.165) is 23.3 Å². The van der Waals surface area contributed by atoms with Crippen LogP contribution in [0.3, 0.4) is 0 Å². The first-order valence-electron chi connectivity index (χ1n) is 7.74. The standard InChI is InChI=1S/C18H17N3O5S/c19-9-15(11-20-10-13-1-3-14(12-22)4-2-13)18(23)21-16-5-7-17(8-6-16)27(24,25)26/h1-8,11,20,22H,10,12H2,(H,21,23)(H,24,25,26)/b15-11-. The fraction of sp³-hybridized carbons (Fsp3) is 0.111. The molecule has 1 amide bonds. The third-order valence-electron chi connectivity index (χ3n) is 3.53. The van der Waals surface area contributed by atoms with Gasteiger partial charge in [-0.3, -0.25) is 9.35 Å². The number of rotatable bonds is 7. The number of nitriles is 1. The van der Waals surface area contributed by atoms with Crippen LogP contribution in [0.25, 0.3) is 0 Å². The lowest BCUT2D eigenvalue weighted by molar-refractivity contribution is -0.112. The van der Waals surface area contributed by atoms with Crippen molar-refractivity contribution in [3.63, 3.8) is 0 Å². The summed E-state index contributed by atoms with van der Waals surface area (Å²) in [5, 5.41) is 23.5. The van der Waals surface area contributed by atoms with E-state index in [-0.39, 0.29) is 22.8 Å². The normalized spacial score (nSPS) is 11.5. The van der Waals surface area contributed by atoms with Crippen LogP contribution >= 0.6 is 0 Å². The molecule has 0 aliphatic carbocycles. The fourth-order valence-electron chi connectivity index (χ4n) is 2.09. The van der Waals surface area contributed by atoms with E-state index in [1.165, 1.54) is 18.3 Å². The van der Waals surface area contributed by atoms with Gasteiger partial charge < -0.3 is 15.7 Å². The number of amides is 1. The van der Waals surface area contributed by atoms with E-state index in [1.807, 2.05) is 12.1 Å². The number of hydrogen-bond donors (Lipinski definition) is 4. The van der Waals surface area contributed by atoms with E-state index in [0.29, 0.717) is 6.54 Å². The van der Waals surface area contributed by atoms with Crippen LogP contribution < -0.4 is 10.6 Å². The highest BCUT2D eigenvalue weighted by atomic mass is 32.2. The van der Waals surface area contributed by atoms with Crippen molar-refractivity contribution >= 4 is 21.7 Å². The molecule has 0 fully saturated rings. The Labute approximate surface area is 156 Å². The smallest absolute Gasteiger partial charge is 0.294 e. The highest BCUT2D eigenvalue weighted by Gasteiger charge is 2.12. The zero-order valence-electron chi connectivity index (χ0n) is 14.1. The molecular formula is C18H17N3O5S. The SMILES string of the molecule is N#C/C(=C/NCc1ccc(CO)cc1)C(=O)Nc1ccc(S(=O)(=O)O)cc1. The second kappa shape index (κ2) is 8.95. The number of carbonyl (C=O) groups excluding carboxylic acids is 1. The number of carbonyl (C=O) groups is 1. The number of anilines is 1. The fourth-order valence-corrected chi connectivity index (χ4v) is 2.57. The van der Waals surface area contributed by atoms with Crippen molar-refractivity contribution < 1.29 is 22.9 Å². The molecule has 0 unspecified atom stereocenters. The van der Waals surface area contributed by atoms with E-state index >= 15 is 0 Å². The van der Waals surface area contributed by atoms with Gasteiger partial charge in [-0.15, -0.1) is 0 Å². The third-order valence-corrected chi connectivity index (χ3v) is 4.40. The first kappa shape index (κ1) is 20.1. The minimum Gasteiger partial charge on any atom is -0.392 e. The van der Waals surface area contributed by atoms with Gasteiger partial charge in [-0.1, -0.05) is 24.3 Å². The molecular weight excluding hydrogens is 370 g/mol. The van der Waals surface area contributed by atoms with Gasteiger partial charge in [0, 0.05) is 18.4 Å². The Balaban J connectivity index is 1.98. The lowest BCUT2D eigenvalue weighted by Crippen LogP contribution is -2.16. The molecule has 9 heteroatoms. The van der Waals surface area contributed by atoms with Crippen molar-refractivity contribution in [3.8, 4) is 6.07 Å². The molecule has 140 valence electrons. The summed E-state index contributed by atoms with van der Waals surface area (Å²) in [7, 11) is -4.31. The molecule has 0 aliphatic rings. The lowest BCUT2D eigenvalue weighted by Gasteiger charge is -2.06. The number of hydrogen-bond acceptors (Lipinski definition) is 6. The Hall–Kier alpha value is -3.19. The van der Waals surface area contributed by atoms with Crippen LogP contribution in [0.5, 0.6) is 0 Å². The Kier molecular flexibility index (Phi) is 6.67. The average molecular weight is 387 g/mol. The number of benzene rings is 2. The van der Waals surface area contributed by atoms with Crippen molar-refractivity contribution in [2.75, 3.05) is 5.32 Å². The second-order valence-electron chi connectivity index (χ2n) is 5.48. The summed E-state index contributed by atoms with van der Waals surface area (Å²) in [6, 6.07) is 13.8. The van der Waals surface area contributed by atoms with Gasteiger partial charge in [-0.25, -0.2) is 0 Å². The molecule has 0 bridgehead atoms. The third kappa shape index (κ3) is 5.93. The van der Waals surface area contributed by atoms with Crippen LogP contribution in [0.2, 0.25) is 0 Å². The quantitative estimate of drug-likeness (QED) is 0.321. The van der Waals surface area contributed by atoms with Crippen molar-refractivity contribution in [1.29, 1.82) is 5.26 Å². The first-order valence-corrected chi connectivity index (χ1v) is 9.18. The van der Waals surface area contributed by atoms with E-state index in [2.05, 4.69) is 10.6 Å². The number of aliphatic hydroxyl groups excluding tert-OH is 1. The highest BCUT2D eigenvalue weighted by molar-refractivity contribution is 7.85. The lowest BCUT2D eigenvalue weighted by atomic mass is 10.1. The van der Waals surface area contributed by atoms with Crippen LogP contribution in [0, 0.1) is 11.3 Å². The first-order chi connectivity index (χ1) is 12.8. The molecule has 2 aromatic carbocycles. The van der Waals surface area contributed by atoms with Crippen LogP contribution in [-0.4, -0.2) is 24.0 Å². The van der Waals surface area contributed by atoms with Crippen molar-refractivity contribution in [3.05, 3.63) is 71.4 Å². The molecule has 0 aliphatic heterocycles. The average Bonchev–Trinajstić information content (AvgIpc) is 2.65. The Morgan fingerprint density at radius 1 is 1.07 bits per heavy atom. The van der Waals surface area contributed by atoms with Crippen LogP contribution in [-0.2, 0) is 28.1 Å². The maximum Gasteiger partial charge on any atom is 0.294 e. The molecule has 2 rings (SSSR count). The molecule has 0 heterocycles. The van der Waals surface area contributed by atoms with Gasteiger partial charge in [0.05, 0.1) is 11.5 Å². The summed E-state index contributed by atoms with van der Waals surface area (Å²) in [6.07, 6.45) is 1.28.